The topological polar surface area (TPSA) is 3.24 Å². The van der Waals surface area contributed by atoms with Gasteiger partial charge in [0.1, 0.15) is 4.84 Å². The number of hydrogen-bond donors (Lipinski definition) is 0. The van der Waals surface area contributed by atoms with Gasteiger partial charge in [-0.1, -0.05) is 30.3 Å². The number of hydrogen-bond acceptors (Lipinski definition) is 1. The van der Waals surface area contributed by atoms with Crippen LogP contribution < -0.4 is 0 Å². The Kier molecular flexibility index (Phi) is 6.04. The van der Waals surface area contributed by atoms with E-state index in [-0.39, 0.29) is 0 Å². The Morgan fingerprint density at radius 3 is 1.89 bits per heavy atom. The van der Waals surface area contributed by atoms with Crippen molar-refractivity contribution in [2.75, 3.05) is 0 Å². The van der Waals surface area contributed by atoms with E-state index in [4.69, 9.17) is 23.2 Å². The zero-order valence-electron chi connectivity index (χ0n) is 11.4. The van der Waals surface area contributed by atoms with Gasteiger partial charge in [0.05, 0.1) is 0 Å². The SMILES string of the molecule is CC(C)N(/C(=C\C(Cl)Cl)c1ccccc1)C(C)C. The summed E-state index contributed by atoms with van der Waals surface area (Å²) < 4.78 is 0. The molecule has 0 aliphatic rings. The minimum Gasteiger partial charge on any atom is -0.366 e. The molecule has 1 rings (SSSR count). The molecule has 0 atom stereocenters. The van der Waals surface area contributed by atoms with Crippen molar-refractivity contribution in [2.24, 2.45) is 0 Å². The largest absolute Gasteiger partial charge is 0.366 e. The van der Waals surface area contributed by atoms with Crippen molar-refractivity contribution in [3.05, 3.63) is 42.0 Å². The van der Waals surface area contributed by atoms with Crippen LogP contribution in [0.1, 0.15) is 33.3 Å². The van der Waals surface area contributed by atoms with Crippen molar-refractivity contribution in [1.29, 1.82) is 0 Å². The number of nitrogens with zero attached hydrogens (tertiary/aromatic N) is 1. The predicted molar refractivity (Wildman–Crippen MR) is 82.0 cm³/mol. The molecule has 0 aromatic heterocycles. The van der Waals surface area contributed by atoms with Crippen LogP contribution in [-0.2, 0) is 0 Å². The molecule has 0 unspecified atom stereocenters. The molecule has 0 bridgehead atoms. The first-order valence-electron chi connectivity index (χ1n) is 6.27. The maximum absolute atomic E-state index is 5.94. The Balaban J connectivity index is 3.21. The van der Waals surface area contributed by atoms with E-state index in [0.717, 1.165) is 11.3 Å². The van der Waals surface area contributed by atoms with Gasteiger partial charge in [-0.05, 0) is 39.3 Å². The van der Waals surface area contributed by atoms with Gasteiger partial charge in [0, 0.05) is 17.8 Å². The molecule has 3 heteroatoms. The maximum Gasteiger partial charge on any atom is 0.128 e. The highest BCUT2D eigenvalue weighted by molar-refractivity contribution is 6.45. The Morgan fingerprint density at radius 2 is 1.50 bits per heavy atom. The minimum absolute atomic E-state index is 0.392. The molecule has 100 valence electrons. The van der Waals surface area contributed by atoms with Crippen LogP contribution in [0.3, 0.4) is 0 Å². The quantitative estimate of drug-likeness (QED) is 0.692. The lowest BCUT2D eigenvalue weighted by Gasteiger charge is -2.35. The first-order valence-corrected chi connectivity index (χ1v) is 7.14. The van der Waals surface area contributed by atoms with E-state index in [9.17, 15) is 0 Å². The third kappa shape index (κ3) is 4.22. The van der Waals surface area contributed by atoms with Gasteiger partial charge in [-0.15, -0.1) is 23.2 Å². The lowest BCUT2D eigenvalue weighted by Crippen LogP contribution is -2.35. The number of rotatable bonds is 5. The smallest absolute Gasteiger partial charge is 0.128 e. The van der Waals surface area contributed by atoms with Gasteiger partial charge >= 0.3 is 0 Å². The third-order valence-corrected chi connectivity index (χ3v) is 3.00. The van der Waals surface area contributed by atoms with Crippen molar-refractivity contribution >= 4 is 28.9 Å². The summed E-state index contributed by atoms with van der Waals surface area (Å²) in [5.74, 6) is 0. The summed E-state index contributed by atoms with van der Waals surface area (Å²) in [6.45, 7) is 8.70. The molecule has 0 amide bonds. The number of allylic oxidation sites excluding steroid dienone is 1. The number of benzene rings is 1. The van der Waals surface area contributed by atoms with Gasteiger partial charge in [-0.2, -0.15) is 0 Å². The summed E-state index contributed by atoms with van der Waals surface area (Å²) in [6.07, 6.45) is 1.90. The molecule has 1 aromatic rings. The summed E-state index contributed by atoms with van der Waals surface area (Å²) in [7, 11) is 0. The summed E-state index contributed by atoms with van der Waals surface area (Å²) in [5, 5.41) is 0. The van der Waals surface area contributed by atoms with E-state index < -0.39 is 4.84 Å². The fourth-order valence-electron chi connectivity index (χ4n) is 2.21. The zero-order chi connectivity index (χ0) is 13.7. The molecule has 0 spiro atoms. The lowest BCUT2D eigenvalue weighted by atomic mass is 10.1. The first-order chi connectivity index (χ1) is 8.43. The molecule has 0 saturated heterocycles. The van der Waals surface area contributed by atoms with Gasteiger partial charge < -0.3 is 4.90 Å². The van der Waals surface area contributed by atoms with Crippen LogP contribution in [0.4, 0.5) is 0 Å². The van der Waals surface area contributed by atoms with Gasteiger partial charge in [0.25, 0.3) is 0 Å². The van der Waals surface area contributed by atoms with Gasteiger partial charge in [0.15, 0.2) is 0 Å². The van der Waals surface area contributed by atoms with Gasteiger partial charge in [0.2, 0.25) is 0 Å². The highest BCUT2D eigenvalue weighted by Crippen LogP contribution is 2.26. The summed E-state index contributed by atoms with van der Waals surface area (Å²) >= 11 is 11.9. The number of alkyl halides is 2. The van der Waals surface area contributed by atoms with Crippen molar-refractivity contribution in [3.8, 4) is 0 Å². The Morgan fingerprint density at radius 1 is 1.00 bits per heavy atom. The van der Waals surface area contributed by atoms with Crippen LogP contribution in [0.5, 0.6) is 0 Å². The molecule has 0 radical (unpaired) electrons. The van der Waals surface area contributed by atoms with Crippen LogP contribution in [0.25, 0.3) is 5.70 Å². The first kappa shape index (κ1) is 15.4. The van der Waals surface area contributed by atoms with Crippen LogP contribution in [0.15, 0.2) is 36.4 Å². The Labute approximate surface area is 120 Å². The predicted octanol–water partition coefficient (Wildman–Crippen LogP) is 4.95. The molecule has 1 aromatic carbocycles. The molecule has 0 N–H and O–H groups in total. The zero-order valence-corrected chi connectivity index (χ0v) is 12.9. The molecule has 0 heterocycles. The average molecular weight is 286 g/mol. The normalized spacial score (nSPS) is 12.6. The molecule has 0 saturated carbocycles. The second-order valence-electron chi connectivity index (χ2n) is 4.85. The fraction of sp³-hybridized carbons (Fsp3) is 0.467. The maximum atomic E-state index is 5.94. The molecule has 0 fully saturated rings. The number of halogens is 2. The van der Waals surface area contributed by atoms with Crippen molar-refractivity contribution in [3.63, 3.8) is 0 Å². The highest BCUT2D eigenvalue weighted by Gasteiger charge is 2.18. The van der Waals surface area contributed by atoms with E-state index >= 15 is 0 Å². The standard InChI is InChI=1S/C15H21Cl2N/c1-11(2)18(12(3)4)14(10-15(16)17)13-8-6-5-7-9-13/h5-12,15H,1-4H3/b14-10-. The van der Waals surface area contributed by atoms with Gasteiger partial charge in [-0.25, -0.2) is 0 Å². The summed E-state index contributed by atoms with van der Waals surface area (Å²) in [6, 6.07) is 11.0. The van der Waals surface area contributed by atoms with Crippen LogP contribution in [0, 0.1) is 0 Å². The van der Waals surface area contributed by atoms with Crippen molar-refractivity contribution < 1.29 is 0 Å². The minimum atomic E-state index is -0.500. The van der Waals surface area contributed by atoms with Crippen LogP contribution >= 0.6 is 23.2 Å². The summed E-state index contributed by atoms with van der Waals surface area (Å²) in [4.78, 5) is 1.83. The Bertz CT molecular complexity index is 375. The van der Waals surface area contributed by atoms with E-state index in [0.29, 0.717) is 12.1 Å². The third-order valence-electron chi connectivity index (χ3n) is 2.74. The van der Waals surface area contributed by atoms with Crippen molar-refractivity contribution in [2.45, 2.75) is 44.6 Å². The van der Waals surface area contributed by atoms with Gasteiger partial charge in [-0.3, -0.25) is 0 Å². The van der Waals surface area contributed by atoms with E-state index in [2.05, 4.69) is 44.7 Å². The molecule has 1 nitrogen and oxygen atoms in total. The second kappa shape index (κ2) is 7.06. The van der Waals surface area contributed by atoms with Crippen molar-refractivity contribution in [1.82, 2.24) is 4.90 Å². The van der Waals surface area contributed by atoms with E-state index in [1.807, 2.05) is 24.3 Å². The van der Waals surface area contributed by atoms with Crippen LogP contribution in [-0.4, -0.2) is 21.8 Å². The van der Waals surface area contributed by atoms with E-state index in [1.165, 1.54) is 0 Å². The lowest BCUT2D eigenvalue weighted by molar-refractivity contribution is 0.274. The molecular formula is C15H21Cl2N. The average Bonchev–Trinajstić information content (AvgIpc) is 2.27. The molecule has 18 heavy (non-hydrogen) atoms. The molecular weight excluding hydrogens is 265 g/mol. The Hall–Kier alpha value is -0.660. The van der Waals surface area contributed by atoms with E-state index in [1.54, 1.807) is 0 Å². The molecule has 0 aliphatic carbocycles. The fourth-order valence-corrected chi connectivity index (χ4v) is 2.45. The van der Waals surface area contributed by atoms with Crippen LogP contribution in [0.2, 0.25) is 0 Å². The second-order valence-corrected chi connectivity index (χ2v) is 6.01. The monoisotopic (exact) mass is 285 g/mol. The summed E-state index contributed by atoms with van der Waals surface area (Å²) in [5.41, 5.74) is 2.24. The molecule has 0 aliphatic heterocycles. The highest BCUT2D eigenvalue weighted by atomic mass is 35.5.